The molecule has 2 atom stereocenters. The molecule has 21 heavy (non-hydrogen) atoms. The second kappa shape index (κ2) is 6.61. The molecule has 0 radical (unpaired) electrons. The fourth-order valence-electron chi connectivity index (χ4n) is 3.42. The molecule has 1 heterocycles. The van der Waals surface area contributed by atoms with E-state index in [2.05, 4.69) is 4.90 Å². The van der Waals surface area contributed by atoms with Crippen LogP contribution in [0.5, 0.6) is 0 Å². The molecule has 0 spiro atoms. The Bertz CT molecular complexity index is 535. The molecule has 1 saturated heterocycles. The Kier molecular flexibility index (Phi) is 4.79. The molecular weight excluding hydrogens is 304 g/mol. The molecule has 2 unspecified atom stereocenters. The number of ether oxygens (including phenoxy) is 1. The number of fused-ring (bicyclic) bond motifs is 1. The fourth-order valence-corrected chi connectivity index (χ4v) is 3.79. The van der Waals surface area contributed by atoms with Crippen molar-refractivity contribution >= 4 is 28.8 Å². The summed E-state index contributed by atoms with van der Waals surface area (Å²) < 4.78 is 5.92. The first-order valence-electron chi connectivity index (χ1n) is 7.59. The number of halogens is 1. The second-order valence-corrected chi connectivity index (χ2v) is 6.75. The summed E-state index contributed by atoms with van der Waals surface area (Å²) in [6.07, 6.45) is 5.41. The highest BCUT2D eigenvalue weighted by Gasteiger charge is 2.34. The Balaban J connectivity index is 1.74. The predicted molar refractivity (Wildman–Crippen MR) is 89.7 cm³/mol. The van der Waals surface area contributed by atoms with Gasteiger partial charge in [-0.05, 0) is 24.5 Å². The third-order valence-electron chi connectivity index (χ3n) is 4.56. The van der Waals surface area contributed by atoms with Crippen LogP contribution in [-0.4, -0.2) is 35.2 Å². The Morgan fingerprint density at radius 2 is 2.19 bits per heavy atom. The van der Waals surface area contributed by atoms with Gasteiger partial charge in [0.1, 0.15) is 4.99 Å². The summed E-state index contributed by atoms with van der Waals surface area (Å²) in [7, 11) is 0. The average molecular weight is 325 g/mol. The highest BCUT2D eigenvalue weighted by Crippen LogP contribution is 2.30. The zero-order valence-corrected chi connectivity index (χ0v) is 13.6. The molecular formula is C16H21ClN2OS. The maximum absolute atomic E-state index is 6.39. The van der Waals surface area contributed by atoms with Gasteiger partial charge in [-0.15, -0.1) is 0 Å². The van der Waals surface area contributed by atoms with Gasteiger partial charge in [-0.25, -0.2) is 0 Å². The second-order valence-electron chi connectivity index (χ2n) is 5.90. The predicted octanol–water partition coefficient (Wildman–Crippen LogP) is 3.12. The fraction of sp³-hybridized carbons (Fsp3) is 0.562. The first-order valence-corrected chi connectivity index (χ1v) is 8.37. The third-order valence-corrected chi connectivity index (χ3v) is 5.15. The van der Waals surface area contributed by atoms with Crippen LogP contribution in [0.4, 0.5) is 0 Å². The van der Waals surface area contributed by atoms with E-state index in [0.717, 1.165) is 35.8 Å². The summed E-state index contributed by atoms with van der Waals surface area (Å²) in [5.41, 5.74) is 7.62. The summed E-state index contributed by atoms with van der Waals surface area (Å²) in [6, 6.07) is 6.42. The lowest BCUT2D eigenvalue weighted by Crippen LogP contribution is -2.52. The van der Waals surface area contributed by atoms with E-state index in [4.69, 9.17) is 34.3 Å². The number of rotatable bonds is 3. The molecule has 2 fully saturated rings. The van der Waals surface area contributed by atoms with E-state index in [-0.39, 0.29) is 0 Å². The summed E-state index contributed by atoms with van der Waals surface area (Å²) >= 11 is 11.4. The Morgan fingerprint density at radius 1 is 1.38 bits per heavy atom. The van der Waals surface area contributed by atoms with E-state index < -0.39 is 0 Å². The Labute approximate surface area is 136 Å². The number of nitrogens with zero attached hydrogens (tertiary/aromatic N) is 1. The molecule has 1 aromatic rings. The molecule has 0 amide bonds. The van der Waals surface area contributed by atoms with Crippen molar-refractivity contribution in [3.05, 3.63) is 34.3 Å². The number of thiocarbonyl (C=S) groups is 1. The molecule has 114 valence electrons. The Morgan fingerprint density at radius 3 is 2.95 bits per heavy atom. The van der Waals surface area contributed by atoms with Crippen LogP contribution in [0.15, 0.2) is 18.2 Å². The van der Waals surface area contributed by atoms with E-state index in [1.165, 1.54) is 25.7 Å². The SMILES string of the molecule is NC(=S)c1ccc(CN2CCOC3CCCCC32)c(Cl)c1. The van der Waals surface area contributed by atoms with Gasteiger partial charge in [-0.3, -0.25) is 4.90 Å². The zero-order chi connectivity index (χ0) is 14.8. The summed E-state index contributed by atoms with van der Waals surface area (Å²) in [5.74, 6) is 0. The van der Waals surface area contributed by atoms with Crippen molar-refractivity contribution in [1.82, 2.24) is 4.90 Å². The van der Waals surface area contributed by atoms with E-state index in [0.29, 0.717) is 17.1 Å². The number of morpholine rings is 1. The van der Waals surface area contributed by atoms with Crippen LogP contribution in [0.1, 0.15) is 36.8 Å². The normalized spacial score (nSPS) is 26.3. The quantitative estimate of drug-likeness (QED) is 0.867. The van der Waals surface area contributed by atoms with E-state index in [1.807, 2.05) is 18.2 Å². The standard InChI is InChI=1S/C16H21ClN2OS/c17-13-9-11(16(18)21)5-6-12(13)10-19-7-8-20-15-4-2-1-3-14(15)19/h5-6,9,14-15H,1-4,7-8,10H2,(H2,18,21). The minimum absolute atomic E-state index is 0.391. The lowest BCUT2D eigenvalue weighted by Gasteiger charge is -2.44. The molecule has 1 aliphatic carbocycles. The maximum atomic E-state index is 6.39. The largest absolute Gasteiger partial charge is 0.389 e. The van der Waals surface area contributed by atoms with Crippen molar-refractivity contribution < 1.29 is 4.74 Å². The smallest absolute Gasteiger partial charge is 0.104 e. The van der Waals surface area contributed by atoms with Gasteiger partial charge in [0.2, 0.25) is 0 Å². The highest BCUT2D eigenvalue weighted by molar-refractivity contribution is 7.80. The molecule has 3 rings (SSSR count). The van der Waals surface area contributed by atoms with Crippen LogP contribution >= 0.6 is 23.8 Å². The first-order chi connectivity index (χ1) is 10.1. The lowest BCUT2D eigenvalue weighted by atomic mass is 9.90. The van der Waals surface area contributed by atoms with E-state index in [1.54, 1.807) is 0 Å². The number of hydrogen-bond donors (Lipinski definition) is 1. The van der Waals surface area contributed by atoms with Gasteiger partial charge in [0.15, 0.2) is 0 Å². The van der Waals surface area contributed by atoms with Crippen molar-refractivity contribution in [3.63, 3.8) is 0 Å². The van der Waals surface area contributed by atoms with Crippen LogP contribution < -0.4 is 5.73 Å². The van der Waals surface area contributed by atoms with Crippen LogP contribution in [0.25, 0.3) is 0 Å². The van der Waals surface area contributed by atoms with Crippen molar-refractivity contribution in [2.24, 2.45) is 5.73 Å². The number of benzene rings is 1. The van der Waals surface area contributed by atoms with Gasteiger partial charge in [0, 0.05) is 29.7 Å². The number of nitrogens with two attached hydrogens (primary N) is 1. The molecule has 1 aromatic carbocycles. The Hall–Kier alpha value is -0.680. The number of hydrogen-bond acceptors (Lipinski definition) is 3. The third kappa shape index (κ3) is 3.39. The van der Waals surface area contributed by atoms with Crippen LogP contribution in [0.2, 0.25) is 5.02 Å². The van der Waals surface area contributed by atoms with Crippen molar-refractivity contribution in [1.29, 1.82) is 0 Å². The molecule has 2 N–H and O–H groups in total. The molecule has 2 aliphatic rings. The summed E-state index contributed by atoms with van der Waals surface area (Å²) in [4.78, 5) is 2.91. The van der Waals surface area contributed by atoms with Crippen LogP contribution in [0, 0.1) is 0 Å². The van der Waals surface area contributed by atoms with Gasteiger partial charge in [-0.2, -0.15) is 0 Å². The topological polar surface area (TPSA) is 38.5 Å². The lowest BCUT2D eigenvalue weighted by molar-refractivity contribution is -0.0911. The van der Waals surface area contributed by atoms with Crippen molar-refractivity contribution in [2.75, 3.05) is 13.2 Å². The van der Waals surface area contributed by atoms with Gasteiger partial charge in [-0.1, -0.05) is 48.8 Å². The highest BCUT2D eigenvalue weighted by atomic mass is 35.5. The molecule has 1 saturated carbocycles. The van der Waals surface area contributed by atoms with E-state index in [9.17, 15) is 0 Å². The van der Waals surface area contributed by atoms with Crippen molar-refractivity contribution in [2.45, 2.75) is 44.4 Å². The molecule has 5 heteroatoms. The van der Waals surface area contributed by atoms with Crippen molar-refractivity contribution in [3.8, 4) is 0 Å². The monoisotopic (exact) mass is 324 g/mol. The minimum Gasteiger partial charge on any atom is -0.389 e. The summed E-state index contributed by atoms with van der Waals surface area (Å²) in [6.45, 7) is 2.68. The minimum atomic E-state index is 0.391. The van der Waals surface area contributed by atoms with Crippen LogP contribution in [0.3, 0.4) is 0 Å². The zero-order valence-electron chi connectivity index (χ0n) is 12.1. The molecule has 1 aliphatic heterocycles. The summed E-state index contributed by atoms with van der Waals surface area (Å²) in [5, 5.41) is 0.749. The van der Waals surface area contributed by atoms with Crippen LogP contribution in [-0.2, 0) is 11.3 Å². The van der Waals surface area contributed by atoms with Gasteiger partial charge < -0.3 is 10.5 Å². The average Bonchev–Trinajstić information content (AvgIpc) is 2.49. The first kappa shape index (κ1) is 15.2. The van der Waals surface area contributed by atoms with Gasteiger partial charge >= 0.3 is 0 Å². The molecule has 0 aromatic heterocycles. The van der Waals surface area contributed by atoms with E-state index >= 15 is 0 Å². The molecule has 0 bridgehead atoms. The van der Waals surface area contributed by atoms with Gasteiger partial charge in [0.25, 0.3) is 0 Å². The van der Waals surface area contributed by atoms with Gasteiger partial charge in [0.05, 0.1) is 12.7 Å². The maximum Gasteiger partial charge on any atom is 0.104 e. The molecule has 3 nitrogen and oxygen atoms in total.